The van der Waals surface area contributed by atoms with E-state index in [9.17, 15) is 0 Å². The van der Waals surface area contributed by atoms with Crippen LogP contribution in [0.3, 0.4) is 0 Å². The lowest BCUT2D eigenvalue weighted by molar-refractivity contribution is 0.237. The molecule has 0 spiro atoms. The highest BCUT2D eigenvalue weighted by Gasteiger charge is 1.97. The standard InChI is InChI=1S/C7H15N3OS/c1-5(2)6(3)8-9-7(10-11)12-4/h5,11H,1-4H3,(H,9,10)/b8-6+. The first-order valence-electron chi connectivity index (χ1n) is 3.68. The molecule has 0 rings (SSSR count). The van der Waals surface area contributed by atoms with Crippen LogP contribution in [0.25, 0.3) is 0 Å². The van der Waals surface area contributed by atoms with Gasteiger partial charge in [-0.3, -0.25) is 5.21 Å². The molecule has 0 aliphatic rings. The van der Waals surface area contributed by atoms with Gasteiger partial charge in [0.15, 0.2) is 0 Å². The van der Waals surface area contributed by atoms with E-state index in [-0.39, 0.29) is 0 Å². The molecule has 0 fully saturated rings. The molecule has 0 aliphatic carbocycles. The van der Waals surface area contributed by atoms with Gasteiger partial charge in [-0.2, -0.15) is 5.10 Å². The molecular formula is C7H15N3OS. The summed E-state index contributed by atoms with van der Waals surface area (Å²) in [6.45, 7) is 5.99. The van der Waals surface area contributed by atoms with E-state index in [0.29, 0.717) is 11.1 Å². The Morgan fingerprint density at radius 3 is 2.33 bits per heavy atom. The fourth-order valence-corrected chi connectivity index (χ4v) is 0.562. The molecule has 0 radical (unpaired) electrons. The predicted octanol–water partition coefficient (Wildman–Crippen LogP) is 1.72. The molecule has 0 unspecified atom stereocenters. The molecule has 0 atom stereocenters. The Balaban J connectivity index is 4.24. The highest BCUT2D eigenvalue weighted by atomic mass is 32.2. The van der Waals surface area contributed by atoms with E-state index in [0.717, 1.165) is 5.71 Å². The van der Waals surface area contributed by atoms with E-state index in [4.69, 9.17) is 5.21 Å². The van der Waals surface area contributed by atoms with E-state index in [1.807, 2.05) is 32.5 Å². The highest BCUT2D eigenvalue weighted by Crippen LogP contribution is 1.99. The lowest BCUT2D eigenvalue weighted by Crippen LogP contribution is -2.14. The number of nitrogens with zero attached hydrogens (tertiary/aromatic N) is 2. The molecule has 12 heavy (non-hydrogen) atoms. The van der Waals surface area contributed by atoms with Gasteiger partial charge >= 0.3 is 0 Å². The van der Waals surface area contributed by atoms with Gasteiger partial charge in [0.2, 0.25) is 5.17 Å². The minimum atomic E-state index is 0.385. The van der Waals surface area contributed by atoms with Crippen LogP contribution in [0, 0.1) is 5.92 Å². The van der Waals surface area contributed by atoms with Gasteiger partial charge in [0.05, 0.1) is 0 Å². The minimum Gasteiger partial charge on any atom is -0.289 e. The molecular weight excluding hydrogens is 174 g/mol. The quantitative estimate of drug-likeness (QED) is 0.395. The van der Waals surface area contributed by atoms with Crippen molar-refractivity contribution in [1.29, 1.82) is 0 Å². The zero-order valence-corrected chi connectivity index (χ0v) is 8.64. The van der Waals surface area contributed by atoms with E-state index >= 15 is 0 Å². The van der Waals surface area contributed by atoms with Gasteiger partial charge in [0.1, 0.15) is 0 Å². The summed E-state index contributed by atoms with van der Waals surface area (Å²) in [5.74, 6) is 0.385. The Labute approximate surface area is 77.1 Å². The molecule has 0 aromatic rings. The van der Waals surface area contributed by atoms with Gasteiger partial charge < -0.3 is 0 Å². The minimum absolute atomic E-state index is 0.385. The Morgan fingerprint density at radius 1 is 1.42 bits per heavy atom. The topological polar surface area (TPSA) is 57.0 Å². The van der Waals surface area contributed by atoms with Crippen LogP contribution in [0.1, 0.15) is 20.8 Å². The van der Waals surface area contributed by atoms with Gasteiger partial charge in [-0.25, -0.2) is 5.48 Å². The van der Waals surface area contributed by atoms with Crippen LogP contribution in [0.2, 0.25) is 0 Å². The maximum absolute atomic E-state index is 8.51. The van der Waals surface area contributed by atoms with Crippen LogP contribution < -0.4 is 5.48 Å². The van der Waals surface area contributed by atoms with E-state index in [2.05, 4.69) is 10.2 Å². The Bertz CT molecular complexity index is 177. The van der Waals surface area contributed by atoms with Crippen LogP contribution in [-0.2, 0) is 0 Å². The number of rotatable bonds is 2. The van der Waals surface area contributed by atoms with Crippen LogP contribution in [0.5, 0.6) is 0 Å². The van der Waals surface area contributed by atoms with Gasteiger partial charge in [0, 0.05) is 5.71 Å². The lowest BCUT2D eigenvalue weighted by Gasteiger charge is -2.01. The number of hydroxylamine groups is 1. The summed E-state index contributed by atoms with van der Waals surface area (Å²) in [5.41, 5.74) is 2.89. The normalized spacial score (nSPS) is 13.8. The van der Waals surface area contributed by atoms with E-state index < -0.39 is 0 Å². The molecule has 4 nitrogen and oxygen atoms in total. The summed E-state index contributed by atoms with van der Waals surface area (Å²) >= 11 is 1.31. The van der Waals surface area contributed by atoms with Crippen molar-refractivity contribution in [2.24, 2.45) is 16.1 Å². The maximum Gasteiger partial charge on any atom is 0.206 e. The Hall–Kier alpha value is -0.550. The van der Waals surface area contributed by atoms with Crippen molar-refractivity contribution in [3.63, 3.8) is 0 Å². The molecule has 70 valence electrons. The predicted molar refractivity (Wildman–Crippen MR) is 53.8 cm³/mol. The van der Waals surface area contributed by atoms with Crippen LogP contribution in [0.15, 0.2) is 10.2 Å². The fraction of sp³-hybridized carbons (Fsp3) is 0.714. The lowest BCUT2D eigenvalue weighted by atomic mass is 10.1. The summed E-state index contributed by atoms with van der Waals surface area (Å²) in [6, 6.07) is 0. The average molecular weight is 189 g/mol. The van der Waals surface area contributed by atoms with Crippen molar-refractivity contribution in [2.45, 2.75) is 20.8 Å². The molecule has 5 heteroatoms. The monoisotopic (exact) mass is 189 g/mol. The van der Waals surface area contributed by atoms with Crippen molar-refractivity contribution in [3.05, 3.63) is 0 Å². The molecule has 0 aliphatic heterocycles. The molecule has 0 bridgehead atoms. The first kappa shape index (κ1) is 11.4. The largest absolute Gasteiger partial charge is 0.289 e. The van der Waals surface area contributed by atoms with Crippen molar-refractivity contribution in [3.8, 4) is 0 Å². The molecule has 0 aromatic heterocycles. The zero-order valence-electron chi connectivity index (χ0n) is 7.83. The fourth-order valence-electron chi connectivity index (χ4n) is 0.349. The summed E-state index contributed by atoms with van der Waals surface area (Å²) in [5, 5.41) is 16.6. The highest BCUT2D eigenvalue weighted by molar-refractivity contribution is 8.13. The van der Waals surface area contributed by atoms with Crippen molar-refractivity contribution < 1.29 is 5.21 Å². The molecule has 0 amide bonds. The number of nitrogens with one attached hydrogen (secondary N) is 1. The molecule has 0 saturated carbocycles. The van der Waals surface area contributed by atoms with Crippen molar-refractivity contribution in [2.75, 3.05) is 6.26 Å². The summed E-state index contributed by atoms with van der Waals surface area (Å²) in [7, 11) is 0. The number of hydrogen-bond donors (Lipinski definition) is 2. The van der Waals surface area contributed by atoms with Crippen LogP contribution in [0.4, 0.5) is 0 Å². The van der Waals surface area contributed by atoms with Crippen molar-refractivity contribution >= 4 is 22.6 Å². The van der Waals surface area contributed by atoms with E-state index in [1.54, 1.807) is 0 Å². The van der Waals surface area contributed by atoms with Gasteiger partial charge in [-0.1, -0.05) is 25.6 Å². The Morgan fingerprint density at radius 2 is 2.00 bits per heavy atom. The van der Waals surface area contributed by atoms with Gasteiger partial charge in [-0.15, -0.1) is 5.10 Å². The summed E-state index contributed by atoms with van der Waals surface area (Å²) in [4.78, 5) is 0. The summed E-state index contributed by atoms with van der Waals surface area (Å²) < 4.78 is 0. The smallest absolute Gasteiger partial charge is 0.206 e. The number of hydrogen-bond acceptors (Lipinski definition) is 4. The number of amidine groups is 1. The van der Waals surface area contributed by atoms with E-state index in [1.165, 1.54) is 11.8 Å². The first-order chi connectivity index (χ1) is 5.61. The zero-order chi connectivity index (χ0) is 9.56. The van der Waals surface area contributed by atoms with Gasteiger partial charge in [-0.05, 0) is 19.1 Å². The molecule has 0 heterocycles. The average Bonchev–Trinajstić information content (AvgIpc) is 2.05. The second kappa shape index (κ2) is 6.02. The molecule has 0 saturated heterocycles. The third-order valence-corrected chi connectivity index (χ3v) is 1.98. The second-order valence-electron chi connectivity index (χ2n) is 2.62. The van der Waals surface area contributed by atoms with Gasteiger partial charge in [0.25, 0.3) is 0 Å². The third-order valence-electron chi connectivity index (χ3n) is 1.42. The molecule has 0 aromatic carbocycles. The van der Waals surface area contributed by atoms with Crippen LogP contribution in [-0.4, -0.2) is 22.3 Å². The first-order valence-corrected chi connectivity index (χ1v) is 4.90. The summed E-state index contributed by atoms with van der Waals surface area (Å²) in [6.07, 6.45) is 1.81. The maximum atomic E-state index is 8.51. The third kappa shape index (κ3) is 4.35. The Kier molecular flexibility index (Phi) is 5.74. The van der Waals surface area contributed by atoms with Crippen LogP contribution >= 0.6 is 11.8 Å². The molecule has 2 N–H and O–H groups in total. The SMILES string of the molecule is CS/C(=N\N=C(/C)C(C)C)NO. The van der Waals surface area contributed by atoms with Crippen molar-refractivity contribution in [1.82, 2.24) is 5.48 Å². The number of thioether (sulfide) groups is 1. The second-order valence-corrected chi connectivity index (χ2v) is 3.41.